The first-order chi connectivity index (χ1) is 5.04. The summed E-state index contributed by atoms with van der Waals surface area (Å²) in [5.74, 6) is -0.981. The molecule has 0 saturated carbocycles. The zero-order chi connectivity index (χ0) is 9.28. The van der Waals surface area contributed by atoms with Crippen LogP contribution in [0.2, 0.25) is 0 Å². The predicted molar refractivity (Wildman–Crippen MR) is 56.3 cm³/mol. The van der Waals surface area contributed by atoms with E-state index in [2.05, 4.69) is 36.1 Å². The Morgan fingerprint density at radius 1 is 1.91 bits per heavy atom. The summed E-state index contributed by atoms with van der Waals surface area (Å²) in [7, 11) is 0. The third kappa shape index (κ3) is 24.9. The molecule has 3 radical (unpaired) electrons. The zero-order valence-corrected chi connectivity index (χ0v) is 11.5. The number of hydrogen-bond acceptors (Lipinski definition) is 1. The van der Waals surface area contributed by atoms with Crippen LogP contribution in [-0.4, -0.2) is 35.5 Å². The number of rotatable bonds is 3. The van der Waals surface area contributed by atoms with Gasteiger partial charge >= 0.3 is 72.8 Å². The third-order valence-electron chi connectivity index (χ3n) is 0.717. The molecule has 2 nitrogen and oxygen atoms in total. The van der Waals surface area contributed by atoms with Gasteiger partial charge in [0.05, 0.1) is 0 Å². The molecular formula is C7H12IO2Sn. The molecule has 0 rings (SSSR count). The molecule has 0 aliphatic rings. The summed E-state index contributed by atoms with van der Waals surface area (Å²) in [5.41, 5.74) is 0. The number of carboxylic acid groups (broad SMARTS) is 1. The fourth-order valence-electron chi connectivity index (χ4n) is 0.253. The number of aliphatic carboxylic acids is 1. The Balaban J connectivity index is 0. The summed E-state index contributed by atoms with van der Waals surface area (Å²) in [5, 5.41) is 7.60. The van der Waals surface area contributed by atoms with Gasteiger partial charge in [-0.3, -0.25) is 0 Å². The SMILES string of the molecule is C=CC(=O)O.CCC[CH]([Sn])I. The molecular weight excluding hydrogens is 362 g/mol. The van der Waals surface area contributed by atoms with Crippen LogP contribution in [0.3, 0.4) is 0 Å². The second kappa shape index (κ2) is 10.7. The van der Waals surface area contributed by atoms with Crippen molar-refractivity contribution in [3.63, 3.8) is 0 Å². The van der Waals surface area contributed by atoms with Crippen LogP contribution in [0.15, 0.2) is 12.7 Å². The second-order valence-electron chi connectivity index (χ2n) is 1.80. The van der Waals surface area contributed by atoms with Gasteiger partial charge in [-0.25, -0.2) is 4.79 Å². The van der Waals surface area contributed by atoms with Crippen LogP contribution in [0.4, 0.5) is 0 Å². The van der Waals surface area contributed by atoms with E-state index >= 15 is 0 Å². The van der Waals surface area contributed by atoms with Crippen LogP contribution < -0.4 is 0 Å². The Morgan fingerprint density at radius 2 is 2.27 bits per heavy atom. The van der Waals surface area contributed by atoms with E-state index in [1.807, 2.05) is 0 Å². The van der Waals surface area contributed by atoms with E-state index in [-0.39, 0.29) is 0 Å². The molecule has 0 aromatic heterocycles. The quantitative estimate of drug-likeness (QED) is 0.355. The van der Waals surface area contributed by atoms with E-state index in [0.717, 1.165) is 8.02 Å². The molecule has 0 fully saturated rings. The van der Waals surface area contributed by atoms with E-state index in [1.165, 1.54) is 12.8 Å². The van der Waals surface area contributed by atoms with Crippen LogP contribution >= 0.6 is 22.6 Å². The standard InChI is InChI=1S/C4H8I.C3H4O2.Sn/c1-2-3-4-5;1-2-3(4)5;/h4H,2-3H2,1H3;2H,1H2,(H,4,5);. The van der Waals surface area contributed by atoms with Gasteiger partial charge in [-0.2, -0.15) is 0 Å². The van der Waals surface area contributed by atoms with E-state index in [4.69, 9.17) is 5.11 Å². The topological polar surface area (TPSA) is 37.3 Å². The van der Waals surface area contributed by atoms with Gasteiger partial charge in [0.25, 0.3) is 0 Å². The van der Waals surface area contributed by atoms with Gasteiger partial charge in [0.15, 0.2) is 0 Å². The molecule has 0 heterocycles. The number of halogens is 1. The molecule has 4 heteroatoms. The molecule has 0 aromatic carbocycles. The van der Waals surface area contributed by atoms with E-state index < -0.39 is 5.97 Å². The van der Waals surface area contributed by atoms with Gasteiger partial charge in [-0.1, -0.05) is 6.58 Å². The van der Waals surface area contributed by atoms with Crippen molar-refractivity contribution in [2.24, 2.45) is 0 Å². The van der Waals surface area contributed by atoms with Crippen molar-refractivity contribution in [1.82, 2.24) is 0 Å². The van der Waals surface area contributed by atoms with Gasteiger partial charge in [0, 0.05) is 6.08 Å². The van der Waals surface area contributed by atoms with Gasteiger partial charge in [-0.05, 0) is 0 Å². The van der Waals surface area contributed by atoms with Gasteiger partial charge in [0.1, 0.15) is 0 Å². The first kappa shape index (κ1) is 14.3. The fourth-order valence-corrected chi connectivity index (χ4v) is 1.70. The Kier molecular flexibility index (Phi) is 13.9. The van der Waals surface area contributed by atoms with Crippen molar-refractivity contribution in [2.75, 3.05) is 0 Å². The van der Waals surface area contributed by atoms with Crippen molar-refractivity contribution in [1.29, 1.82) is 0 Å². The zero-order valence-electron chi connectivity index (χ0n) is 6.51. The first-order valence-electron chi connectivity index (χ1n) is 3.25. The molecule has 0 aliphatic heterocycles. The Morgan fingerprint density at radius 3 is 2.27 bits per heavy atom. The molecule has 0 amide bonds. The first-order valence-corrected chi connectivity index (χ1v) is 6.14. The average molecular weight is 374 g/mol. The number of hydrogen-bond donors (Lipinski definition) is 1. The van der Waals surface area contributed by atoms with Crippen LogP contribution in [0.1, 0.15) is 19.8 Å². The van der Waals surface area contributed by atoms with Gasteiger partial charge < -0.3 is 5.11 Å². The summed E-state index contributed by atoms with van der Waals surface area (Å²) in [6, 6.07) is 0. The Hall–Kier alpha value is 0.739. The molecule has 1 atom stereocenters. The molecule has 0 aliphatic carbocycles. The van der Waals surface area contributed by atoms with Crippen LogP contribution in [0.5, 0.6) is 0 Å². The van der Waals surface area contributed by atoms with E-state index in [0.29, 0.717) is 0 Å². The average Bonchev–Trinajstić information content (AvgIpc) is 1.89. The second-order valence-corrected chi connectivity index (χ2v) is 8.65. The maximum absolute atomic E-state index is 9.25. The van der Waals surface area contributed by atoms with Crippen LogP contribution in [-0.2, 0) is 4.79 Å². The molecule has 0 bridgehead atoms. The monoisotopic (exact) mass is 375 g/mol. The van der Waals surface area contributed by atoms with E-state index in [1.54, 1.807) is 22.5 Å². The van der Waals surface area contributed by atoms with Crippen molar-refractivity contribution in [3.8, 4) is 0 Å². The third-order valence-corrected chi connectivity index (χ3v) is 2.16. The van der Waals surface area contributed by atoms with E-state index in [9.17, 15) is 4.79 Å². The maximum atomic E-state index is 9.25. The van der Waals surface area contributed by atoms with Crippen molar-refractivity contribution >= 4 is 51.1 Å². The predicted octanol–water partition coefficient (Wildman–Crippen LogP) is 1.97. The summed E-state index contributed by atoms with van der Waals surface area (Å²) < 4.78 is 0.958. The number of alkyl halides is 1. The summed E-state index contributed by atoms with van der Waals surface area (Å²) in [6.07, 6.45) is 3.58. The summed E-state index contributed by atoms with van der Waals surface area (Å²) in [4.78, 5) is 9.25. The van der Waals surface area contributed by atoms with Crippen LogP contribution in [0.25, 0.3) is 0 Å². The fraction of sp³-hybridized carbons (Fsp3) is 0.571. The minimum atomic E-state index is -0.981. The Bertz CT molecular complexity index is 115. The molecule has 1 unspecified atom stereocenters. The van der Waals surface area contributed by atoms with Crippen molar-refractivity contribution in [3.05, 3.63) is 12.7 Å². The normalized spacial score (nSPS) is 10.8. The number of carboxylic acids is 1. The summed E-state index contributed by atoms with van der Waals surface area (Å²) >= 11 is 4.16. The molecule has 63 valence electrons. The molecule has 11 heavy (non-hydrogen) atoms. The molecule has 0 aromatic rings. The van der Waals surface area contributed by atoms with Gasteiger partial charge in [0.2, 0.25) is 0 Å². The van der Waals surface area contributed by atoms with Crippen molar-refractivity contribution in [2.45, 2.75) is 21.7 Å². The van der Waals surface area contributed by atoms with Crippen LogP contribution in [0, 0.1) is 0 Å². The molecule has 1 N–H and O–H groups in total. The molecule has 0 saturated heterocycles. The number of carbonyl (C=O) groups is 1. The van der Waals surface area contributed by atoms with Crippen molar-refractivity contribution < 1.29 is 9.90 Å². The minimum absolute atomic E-state index is 0.833. The Labute approximate surface area is 94.7 Å². The molecule has 0 spiro atoms. The van der Waals surface area contributed by atoms with Gasteiger partial charge in [-0.15, -0.1) is 0 Å². The summed E-state index contributed by atoms with van der Waals surface area (Å²) in [6.45, 7) is 5.19.